The van der Waals surface area contributed by atoms with Crippen LogP contribution in [-0.2, 0) is 4.79 Å². The van der Waals surface area contributed by atoms with Gasteiger partial charge in [0.1, 0.15) is 0 Å². The third kappa shape index (κ3) is 5.96. The summed E-state index contributed by atoms with van der Waals surface area (Å²) in [6.07, 6.45) is 0. The smallest absolute Gasteiger partial charge is 0.237 e. The number of rotatable bonds is 5. The number of nitrogens with one attached hydrogen (secondary N) is 1. The van der Waals surface area contributed by atoms with Gasteiger partial charge in [-0.2, -0.15) is 0 Å². The first-order valence-electron chi connectivity index (χ1n) is 12.1. The maximum atomic E-state index is 13.4. The summed E-state index contributed by atoms with van der Waals surface area (Å²) in [5.74, 6) is 0.263. The number of benzene rings is 2. The van der Waals surface area contributed by atoms with E-state index in [1.54, 1.807) is 0 Å². The zero-order valence-corrected chi connectivity index (χ0v) is 20.9. The van der Waals surface area contributed by atoms with E-state index in [9.17, 15) is 4.79 Å². The predicted molar refractivity (Wildman–Crippen MR) is 136 cm³/mol. The molecule has 2 saturated heterocycles. The van der Waals surface area contributed by atoms with E-state index >= 15 is 0 Å². The van der Waals surface area contributed by atoms with Crippen LogP contribution in [0.25, 0.3) is 0 Å². The molecule has 1 unspecified atom stereocenters. The fourth-order valence-corrected chi connectivity index (χ4v) is 5.25. The second kappa shape index (κ2) is 10.6. The summed E-state index contributed by atoms with van der Waals surface area (Å²) in [5, 5.41) is 4.12. The highest BCUT2D eigenvalue weighted by atomic mass is 35.5. The van der Waals surface area contributed by atoms with Crippen molar-refractivity contribution in [1.82, 2.24) is 20.0 Å². The number of carbonyl (C=O) groups excluding carboxylic acids is 1. The topological polar surface area (TPSA) is 38.8 Å². The van der Waals surface area contributed by atoms with Crippen molar-refractivity contribution in [1.29, 1.82) is 0 Å². The Morgan fingerprint density at radius 3 is 2.24 bits per heavy atom. The molecule has 0 spiro atoms. The first kappa shape index (κ1) is 24.2. The van der Waals surface area contributed by atoms with Gasteiger partial charge in [0.15, 0.2) is 0 Å². The van der Waals surface area contributed by atoms with E-state index in [-0.39, 0.29) is 23.4 Å². The number of hydrogen-bond acceptors (Lipinski definition) is 4. The van der Waals surface area contributed by atoms with Crippen molar-refractivity contribution >= 4 is 17.5 Å². The van der Waals surface area contributed by atoms with E-state index in [0.717, 1.165) is 50.8 Å². The van der Waals surface area contributed by atoms with Gasteiger partial charge in [-0.15, -0.1) is 0 Å². The average molecular weight is 469 g/mol. The minimum absolute atomic E-state index is 0.0149. The molecule has 2 atom stereocenters. The minimum atomic E-state index is -0.0149. The summed E-state index contributed by atoms with van der Waals surface area (Å²) < 4.78 is 0. The third-order valence-electron chi connectivity index (χ3n) is 6.97. The van der Waals surface area contributed by atoms with Crippen LogP contribution in [0.2, 0.25) is 5.02 Å². The number of amides is 1. The molecule has 0 aliphatic carbocycles. The summed E-state index contributed by atoms with van der Waals surface area (Å²) in [6, 6.07) is 19.2. The molecule has 0 radical (unpaired) electrons. The fourth-order valence-electron chi connectivity index (χ4n) is 5.12. The van der Waals surface area contributed by atoms with Gasteiger partial charge in [-0.1, -0.05) is 74.8 Å². The van der Waals surface area contributed by atoms with E-state index in [2.05, 4.69) is 83.3 Å². The molecule has 0 aromatic heterocycles. The van der Waals surface area contributed by atoms with Crippen LogP contribution >= 0.6 is 11.6 Å². The van der Waals surface area contributed by atoms with E-state index in [4.69, 9.17) is 11.6 Å². The average Bonchev–Trinajstić information content (AvgIpc) is 2.81. The van der Waals surface area contributed by atoms with Gasteiger partial charge >= 0.3 is 0 Å². The molecule has 2 fully saturated rings. The molecule has 5 nitrogen and oxygen atoms in total. The molecule has 2 aliphatic rings. The van der Waals surface area contributed by atoms with E-state index in [1.165, 1.54) is 11.1 Å². The maximum absolute atomic E-state index is 13.4. The number of piperazine rings is 2. The van der Waals surface area contributed by atoms with Gasteiger partial charge in [0.05, 0.1) is 12.6 Å². The Morgan fingerprint density at radius 2 is 1.61 bits per heavy atom. The summed E-state index contributed by atoms with van der Waals surface area (Å²) >= 11 is 6.20. The number of carbonyl (C=O) groups is 1. The molecule has 33 heavy (non-hydrogen) atoms. The Kier molecular flexibility index (Phi) is 7.75. The van der Waals surface area contributed by atoms with Crippen LogP contribution in [0.1, 0.15) is 37.9 Å². The molecular weight excluding hydrogens is 432 g/mol. The quantitative estimate of drug-likeness (QED) is 0.722. The molecule has 2 heterocycles. The fraction of sp³-hybridized carbons (Fsp3) is 0.519. The summed E-state index contributed by atoms with van der Waals surface area (Å²) in [6.45, 7) is 13.5. The van der Waals surface area contributed by atoms with Gasteiger partial charge in [-0.25, -0.2) is 0 Å². The lowest BCUT2D eigenvalue weighted by Crippen LogP contribution is -2.62. The van der Waals surface area contributed by atoms with Crippen molar-refractivity contribution in [3.05, 3.63) is 70.7 Å². The zero-order valence-electron chi connectivity index (χ0n) is 20.1. The van der Waals surface area contributed by atoms with Crippen molar-refractivity contribution in [2.75, 3.05) is 52.4 Å². The lowest BCUT2D eigenvalue weighted by atomic mass is 9.83. The maximum Gasteiger partial charge on any atom is 0.237 e. The van der Waals surface area contributed by atoms with Gasteiger partial charge < -0.3 is 10.2 Å². The van der Waals surface area contributed by atoms with Crippen molar-refractivity contribution < 1.29 is 4.79 Å². The van der Waals surface area contributed by atoms with Crippen LogP contribution in [0.5, 0.6) is 0 Å². The van der Waals surface area contributed by atoms with Crippen molar-refractivity contribution in [2.24, 2.45) is 5.41 Å². The molecule has 2 aromatic rings. The van der Waals surface area contributed by atoms with Gasteiger partial charge in [0.2, 0.25) is 5.91 Å². The monoisotopic (exact) mass is 468 g/mol. The number of nitrogens with zero attached hydrogens (tertiary/aromatic N) is 3. The highest BCUT2D eigenvalue weighted by molar-refractivity contribution is 6.30. The molecule has 1 N–H and O–H groups in total. The lowest BCUT2D eigenvalue weighted by Gasteiger charge is -2.50. The Bertz CT molecular complexity index is 906. The first-order chi connectivity index (χ1) is 15.8. The van der Waals surface area contributed by atoms with E-state index < -0.39 is 0 Å². The normalized spacial score (nSPS) is 21.7. The highest BCUT2D eigenvalue weighted by Crippen LogP contribution is 2.35. The van der Waals surface area contributed by atoms with Crippen LogP contribution in [0.4, 0.5) is 0 Å². The highest BCUT2D eigenvalue weighted by Gasteiger charge is 2.40. The van der Waals surface area contributed by atoms with Gasteiger partial charge in [0.25, 0.3) is 0 Å². The molecule has 0 saturated carbocycles. The Morgan fingerprint density at radius 1 is 0.970 bits per heavy atom. The molecule has 0 bridgehead atoms. The Balaban J connectivity index is 1.57. The zero-order chi connectivity index (χ0) is 23.4. The summed E-state index contributed by atoms with van der Waals surface area (Å²) in [4.78, 5) is 20.4. The Labute approximate surface area is 203 Å². The number of halogens is 1. The van der Waals surface area contributed by atoms with Gasteiger partial charge in [-0.05, 0) is 28.7 Å². The second-order valence-corrected chi connectivity index (χ2v) is 10.8. The minimum Gasteiger partial charge on any atom is -0.336 e. The summed E-state index contributed by atoms with van der Waals surface area (Å²) in [5.41, 5.74) is 2.49. The molecular formula is C27H37ClN4O. The molecule has 4 rings (SSSR count). The van der Waals surface area contributed by atoms with Gasteiger partial charge in [0, 0.05) is 56.9 Å². The third-order valence-corrected chi connectivity index (χ3v) is 7.22. The molecule has 2 aromatic carbocycles. The molecule has 178 valence electrons. The van der Waals surface area contributed by atoms with Crippen LogP contribution < -0.4 is 5.32 Å². The van der Waals surface area contributed by atoms with Gasteiger partial charge in [-0.3, -0.25) is 14.6 Å². The SMILES string of the molecule is CC(C)(C)[C@H]1CN(C(c2ccccc2)c2ccc(Cl)cc2)CCN1C(=O)CN1CCNCC1. The van der Waals surface area contributed by atoms with E-state index in [0.29, 0.717) is 6.54 Å². The molecule has 1 amide bonds. The molecule has 6 heteroatoms. The Hall–Kier alpha value is -1.92. The second-order valence-electron chi connectivity index (χ2n) is 10.4. The number of hydrogen-bond donors (Lipinski definition) is 1. The van der Waals surface area contributed by atoms with Crippen molar-refractivity contribution in [3.8, 4) is 0 Å². The molecule has 2 aliphatic heterocycles. The van der Waals surface area contributed by atoms with Crippen LogP contribution in [0.3, 0.4) is 0 Å². The van der Waals surface area contributed by atoms with E-state index in [1.807, 2.05) is 12.1 Å². The predicted octanol–water partition coefficient (Wildman–Crippen LogP) is 3.89. The van der Waals surface area contributed by atoms with Crippen LogP contribution in [0, 0.1) is 5.41 Å². The summed E-state index contributed by atoms with van der Waals surface area (Å²) in [7, 11) is 0. The first-order valence-corrected chi connectivity index (χ1v) is 12.5. The van der Waals surface area contributed by atoms with Crippen LogP contribution in [0.15, 0.2) is 54.6 Å². The lowest BCUT2D eigenvalue weighted by molar-refractivity contribution is -0.141. The van der Waals surface area contributed by atoms with Crippen molar-refractivity contribution in [3.63, 3.8) is 0 Å². The largest absolute Gasteiger partial charge is 0.336 e. The standard InChI is InChI=1S/C27H37ClN4O/c1-27(2,3)24-19-31(17-18-32(24)25(33)20-30-15-13-29-14-16-30)26(21-7-5-4-6-8-21)22-9-11-23(28)12-10-22/h4-12,24,26,29H,13-20H2,1-3H3/t24-,26?/m1/s1. The van der Waals surface area contributed by atoms with Crippen molar-refractivity contribution in [2.45, 2.75) is 32.9 Å². The van der Waals surface area contributed by atoms with Crippen LogP contribution in [-0.4, -0.2) is 79.0 Å².